The van der Waals surface area contributed by atoms with E-state index in [0.29, 0.717) is 33.7 Å². The Labute approximate surface area is 102 Å². The van der Waals surface area contributed by atoms with Crippen molar-refractivity contribution in [2.45, 2.75) is 6.92 Å². The number of nitrogens with two attached hydrogens (primary N) is 1. The van der Waals surface area contributed by atoms with Crippen LogP contribution in [0.2, 0.25) is 5.02 Å². The third kappa shape index (κ3) is 1.51. The summed E-state index contributed by atoms with van der Waals surface area (Å²) in [7, 11) is 0. The number of aromatic nitrogens is 1. The molecule has 0 spiro atoms. The minimum absolute atomic E-state index is 0.203. The predicted molar refractivity (Wildman–Crippen MR) is 62.2 cm³/mol. The molecule has 17 heavy (non-hydrogen) atoms. The summed E-state index contributed by atoms with van der Waals surface area (Å²) in [5, 5.41) is 4.18. The Kier molecular flexibility index (Phi) is 2.16. The lowest BCUT2D eigenvalue weighted by molar-refractivity contribution is 0.173. The number of rotatable bonds is 1. The number of hydrogen-bond donors (Lipinski definition) is 1. The van der Waals surface area contributed by atoms with Crippen molar-refractivity contribution < 1.29 is 14.0 Å². The molecule has 2 heterocycles. The van der Waals surface area contributed by atoms with Crippen LogP contribution in [0.4, 0.5) is 5.82 Å². The molecule has 0 atom stereocenters. The number of benzene rings is 1. The molecule has 2 aromatic rings. The van der Waals surface area contributed by atoms with Gasteiger partial charge in [0.2, 0.25) is 6.79 Å². The van der Waals surface area contributed by atoms with Crippen LogP contribution in [0.25, 0.3) is 11.3 Å². The highest BCUT2D eigenvalue weighted by atomic mass is 35.5. The van der Waals surface area contributed by atoms with E-state index in [0.717, 1.165) is 5.56 Å². The molecular formula is C11H9ClN2O3. The van der Waals surface area contributed by atoms with Crippen LogP contribution in [-0.4, -0.2) is 11.9 Å². The molecule has 0 aliphatic carbocycles. The van der Waals surface area contributed by atoms with E-state index in [4.69, 9.17) is 31.3 Å². The maximum absolute atomic E-state index is 6.26. The van der Waals surface area contributed by atoms with Crippen LogP contribution >= 0.6 is 11.6 Å². The Hall–Kier alpha value is -1.88. The second-order valence-electron chi connectivity index (χ2n) is 3.71. The summed E-state index contributed by atoms with van der Waals surface area (Å²) >= 11 is 6.26. The fraction of sp³-hybridized carbons (Fsp3) is 0.182. The SMILES string of the molecule is Cc1c(Cl)c(-c2cc(N)no2)cc2c1OCO2. The number of anilines is 1. The molecule has 6 heteroatoms. The summed E-state index contributed by atoms with van der Waals surface area (Å²) in [6, 6.07) is 3.38. The quantitative estimate of drug-likeness (QED) is 0.845. The minimum Gasteiger partial charge on any atom is -0.454 e. The fourth-order valence-corrected chi connectivity index (χ4v) is 2.01. The largest absolute Gasteiger partial charge is 0.454 e. The minimum atomic E-state index is 0.203. The molecule has 1 aromatic heterocycles. The van der Waals surface area contributed by atoms with E-state index in [1.54, 1.807) is 12.1 Å². The van der Waals surface area contributed by atoms with Crippen molar-refractivity contribution >= 4 is 17.4 Å². The molecular weight excluding hydrogens is 244 g/mol. The average molecular weight is 253 g/mol. The summed E-state index contributed by atoms with van der Waals surface area (Å²) in [5.74, 6) is 2.14. The first-order valence-electron chi connectivity index (χ1n) is 4.98. The van der Waals surface area contributed by atoms with Crippen molar-refractivity contribution in [2.75, 3.05) is 12.5 Å². The van der Waals surface area contributed by atoms with Gasteiger partial charge in [0.05, 0.1) is 5.02 Å². The topological polar surface area (TPSA) is 70.5 Å². The van der Waals surface area contributed by atoms with Crippen LogP contribution in [0, 0.1) is 6.92 Å². The standard InChI is InChI=1S/C11H9ClN2O3/c1-5-10(12)6(7-3-9(13)14-17-7)2-8-11(5)16-4-15-8/h2-3H,4H2,1H3,(H2,13,14). The first kappa shape index (κ1) is 10.3. The zero-order valence-electron chi connectivity index (χ0n) is 8.99. The van der Waals surface area contributed by atoms with Gasteiger partial charge in [-0.25, -0.2) is 0 Å². The van der Waals surface area contributed by atoms with Gasteiger partial charge in [-0.1, -0.05) is 16.8 Å². The maximum Gasteiger partial charge on any atom is 0.231 e. The van der Waals surface area contributed by atoms with Crippen LogP contribution < -0.4 is 15.2 Å². The molecule has 0 unspecified atom stereocenters. The number of ether oxygens (including phenoxy) is 2. The zero-order valence-corrected chi connectivity index (χ0v) is 9.75. The van der Waals surface area contributed by atoms with E-state index >= 15 is 0 Å². The predicted octanol–water partition coefficient (Wildman–Crippen LogP) is 2.61. The first-order valence-corrected chi connectivity index (χ1v) is 5.36. The Morgan fingerprint density at radius 1 is 1.35 bits per heavy atom. The van der Waals surface area contributed by atoms with Crippen molar-refractivity contribution in [3.63, 3.8) is 0 Å². The van der Waals surface area contributed by atoms with Crippen LogP contribution in [0.5, 0.6) is 11.5 Å². The third-order valence-corrected chi connectivity index (χ3v) is 3.10. The Balaban J connectivity index is 2.21. The molecule has 88 valence electrons. The van der Waals surface area contributed by atoms with Crippen LogP contribution in [0.1, 0.15) is 5.56 Å². The Morgan fingerprint density at radius 2 is 2.18 bits per heavy atom. The number of nitrogen functional groups attached to an aromatic ring is 1. The molecule has 1 aromatic carbocycles. The van der Waals surface area contributed by atoms with Gasteiger partial charge in [-0.15, -0.1) is 0 Å². The molecule has 1 aliphatic heterocycles. The summed E-state index contributed by atoms with van der Waals surface area (Å²) in [5.41, 5.74) is 7.02. The van der Waals surface area contributed by atoms with Gasteiger partial charge in [0.15, 0.2) is 23.1 Å². The monoisotopic (exact) mass is 252 g/mol. The molecule has 0 amide bonds. The van der Waals surface area contributed by atoms with Crippen LogP contribution in [-0.2, 0) is 0 Å². The highest BCUT2D eigenvalue weighted by Gasteiger charge is 2.23. The second kappa shape index (κ2) is 3.56. The molecule has 0 bridgehead atoms. The van der Waals surface area contributed by atoms with Crippen molar-refractivity contribution in [3.05, 3.63) is 22.7 Å². The third-order valence-electron chi connectivity index (χ3n) is 2.62. The molecule has 0 saturated heterocycles. The van der Waals surface area contributed by atoms with Crippen LogP contribution in [0.3, 0.4) is 0 Å². The van der Waals surface area contributed by atoms with Gasteiger partial charge in [0.25, 0.3) is 0 Å². The normalized spacial score (nSPS) is 13.1. The van der Waals surface area contributed by atoms with E-state index < -0.39 is 0 Å². The molecule has 0 saturated carbocycles. The molecule has 1 aliphatic rings. The lowest BCUT2D eigenvalue weighted by Gasteiger charge is -2.07. The van der Waals surface area contributed by atoms with E-state index in [-0.39, 0.29) is 6.79 Å². The number of halogens is 1. The maximum atomic E-state index is 6.26. The van der Waals surface area contributed by atoms with Crippen LogP contribution in [0.15, 0.2) is 16.7 Å². The summed E-state index contributed by atoms with van der Waals surface area (Å²) < 4.78 is 15.7. The van der Waals surface area contributed by atoms with Crippen molar-refractivity contribution in [3.8, 4) is 22.8 Å². The molecule has 0 radical (unpaired) electrons. The van der Waals surface area contributed by atoms with Gasteiger partial charge >= 0.3 is 0 Å². The van der Waals surface area contributed by atoms with Crippen molar-refractivity contribution in [1.29, 1.82) is 0 Å². The van der Waals surface area contributed by atoms with Crippen molar-refractivity contribution in [1.82, 2.24) is 5.16 Å². The van der Waals surface area contributed by atoms with Gasteiger partial charge in [0, 0.05) is 17.2 Å². The van der Waals surface area contributed by atoms with E-state index in [1.807, 2.05) is 6.92 Å². The molecule has 2 N–H and O–H groups in total. The summed E-state index contributed by atoms with van der Waals surface area (Å²) in [6.45, 7) is 2.06. The smallest absolute Gasteiger partial charge is 0.231 e. The molecule has 3 rings (SSSR count). The Morgan fingerprint density at radius 3 is 2.88 bits per heavy atom. The number of hydrogen-bond acceptors (Lipinski definition) is 5. The fourth-order valence-electron chi connectivity index (χ4n) is 1.78. The zero-order chi connectivity index (χ0) is 12.0. The molecule has 0 fully saturated rings. The lowest BCUT2D eigenvalue weighted by Crippen LogP contribution is -1.93. The van der Waals surface area contributed by atoms with E-state index in [2.05, 4.69) is 5.16 Å². The Bertz CT molecular complexity index is 595. The van der Waals surface area contributed by atoms with Gasteiger partial charge in [-0.2, -0.15) is 0 Å². The van der Waals surface area contributed by atoms with Crippen molar-refractivity contribution in [2.24, 2.45) is 0 Å². The number of fused-ring (bicyclic) bond motifs is 1. The van der Waals surface area contributed by atoms with Gasteiger partial charge in [-0.3, -0.25) is 0 Å². The van der Waals surface area contributed by atoms with E-state index in [9.17, 15) is 0 Å². The van der Waals surface area contributed by atoms with Gasteiger partial charge in [-0.05, 0) is 13.0 Å². The van der Waals surface area contributed by atoms with Gasteiger partial charge in [0.1, 0.15) is 0 Å². The van der Waals surface area contributed by atoms with Gasteiger partial charge < -0.3 is 19.7 Å². The molecule has 5 nitrogen and oxygen atoms in total. The highest BCUT2D eigenvalue weighted by Crippen LogP contribution is 2.44. The first-order chi connectivity index (χ1) is 8.16. The summed E-state index contributed by atoms with van der Waals surface area (Å²) in [6.07, 6.45) is 0. The number of nitrogens with zero attached hydrogens (tertiary/aromatic N) is 1. The van der Waals surface area contributed by atoms with E-state index in [1.165, 1.54) is 0 Å². The second-order valence-corrected chi connectivity index (χ2v) is 4.09. The summed E-state index contributed by atoms with van der Waals surface area (Å²) in [4.78, 5) is 0. The highest BCUT2D eigenvalue weighted by molar-refractivity contribution is 6.34. The average Bonchev–Trinajstić information content (AvgIpc) is 2.91. The lowest BCUT2D eigenvalue weighted by atomic mass is 10.1.